The first kappa shape index (κ1) is 16.5. The SMILES string of the molecule is CCOC(=O)CN1C(=O)c2ccc(Oc3ccccc3)cc2C1C#N. The fourth-order valence-corrected chi connectivity index (χ4v) is 2.74. The molecule has 6 nitrogen and oxygen atoms in total. The number of ether oxygens (including phenoxy) is 2. The molecule has 0 fully saturated rings. The summed E-state index contributed by atoms with van der Waals surface area (Å²) in [5.74, 6) is 0.283. The Bertz CT molecular complexity index is 842. The van der Waals surface area contributed by atoms with Gasteiger partial charge in [-0.25, -0.2) is 0 Å². The maximum Gasteiger partial charge on any atom is 0.325 e. The van der Waals surface area contributed by atoms with Crippen molar-refractivity contribution in [1.29, 1.82) is 5.26 Å². The monoisotopic (exact) mass is 336 g/mol. The lowest BCUT2D eigenvalue weighted by Gasteiger charge is -2.18. The molecule has 1 aliphatic rings. The van der Waals surface area contributed by atoms with Crippen LogP contribution >= 0.6 is 0 Å². The van der Waals surface area contributed by atoms with E-state index >= 15 is 0 Å². The van der Waals surface area contributed by atoms with Gasteiger partial charge in [-0.15, -0.1) is 0 Å². The zero-order chi connectivity index (χ0) is 17.8. The zero-order valence-corrected chi connectivity index (χ0v) is 13.6. The van der Waals surface area contributed by atoms with E-state index in [0.717, 1.165) is 0 Å². The molecule has 2 aromatic carbocycles. The minimum atomic E-state index is -0.841. The largest absolute Gasteiger partial charge is 0.465 e. The minimum absolute atomic E-state index is 0.222. The van der Waals surface area contributed by atoms with Gasteiger partial charge in [0.25, 0.3) is 5.91 Å². The van der Waals surface area contributed by atoms with Gasteiger partial charge < -0.3 is 14.4 Å². The van der Waals surface area contributed by atoms with Gasteiger partial charge in [-0.3, -0.25) is 9.59 Å². The number of esters is 1. The van der Waals surface area contributed by atoms with Crippen molar-refractivity contribution in [2.45, 2.75) is 13.0 Å². The van der Waals surface area contributed by atoms with Crippen molar-refractivity contribution >= 4 is 11.9 Å². The van der Waals surface area contributed by atoms with E-state index < -0.39 is 12.0 Å². The second kappa shape index (κ2) is 7.05. The number of nitriles is 1. The van der Waals surface area contributed by atoms with Crippen molar-refractivity contribution in [3.63, 3.8) is 0 Å². The molecule has 2 aromatic rings. The maximum absolute atomic E-state index is 12.5. The van der Waals surface area contributed by atoms with Crippen LogP contribution in [0.3, 0.4) is 0 Å². The van der Waals surface area contributed by atoms with Gasteiger partial charge in [0.2, 0.25) is 0 Å². The molecule has 0 saturated heterocycles. The summed E-state index contributed by atoms with van der Waals surface area (Å²) in [4.78, 5) is 25.4. The molecule has 0 spiro atoms. The van der Waals surface area contributed by atoms with Crippen LogP contribution in [0.1, 0.15) is 28.9 Å². The van der Waals surface area contributed by atoms with E-state index in [1.165, 1.54) is 4.90 Å². The highest BCUT2D eigenvalue weighted by atomic mass is 16.5. The molecule has 6 heteroatoms. The van der Waals surface area contributed by atoms with Crippen LogP contribution < -0.4 is 4.74 Å². The molecule has 1 unspecified atom stereocenters. The van der Waals surface area contributed by atoms with Gasteiger partial charge in [-0.1, -0.05) is 18.2 Å². The number of amides is 1. The van der Waals surface area contributed by atoms with Gasteiger partial charge in [0.15, 0.2) is 0 Å². The van der Waals surface area contributed by atoms with Crippen LogP contribution in [0.4, 0.5) is 0 Å². The topological polar surface area (TPSA) is 79.6 Å². The third kappa shape index (κ3) is 3.31. The number of carbonyl (C=O) groups excluding carboxylic acids is 2. The first-order chi connectivity index (χ1) is 12.1. The van der Waals surface area contributed by atoms with Gasteiger partial charge >= 0.3 is 5.97 Å². The summed E-state index contributed by atoms with van der Waals surface area (Å²) in [5, 5.41) is 9.49. The highest BCUT2D eigenvalue weighted by molar-refractivity contribution is 6.01. The number of para-hydroxylation sites is 1. The highest BCUT2D eigenvalue weighted by Gasteiger charge is 2.38. The quantitative estimate of drug-likeness (QED) is 0.784. The van der Waals surface area contributed by atoms with Crippen LogP contribution in [0.15, 0.2) is 48.5 Å². The number of benzene rings is 2. The van der Waals surface area contributed by atoms with Gasteiger partial charge in [-0.05, 0) is 37.3 Å². The second-order valence-corrected chi connectivity index (χ2v) is 5.43. The molecule has 0 aromatic heterocycles. The summed E-state index contributed by atoms with van der Waals surface area (Å²) in [7, 11) is 0. The van der Waals surface area contributed by atoms with Crippen molar-refractivity contribution in [2.75, 3.05) is 13.2 Å². The van der Waals surface area contributed by atoms with Crippen molar-refractivity contribution in [2.24, 2.45) is 0 Å². The average molecular weight is 336 g/mol. The van der Waals surface area contributed by atoms with Gasteiger partial charge in [0.05, 0.1) is 12.7 Å². The number of rotatable bonds is 5. The van der Waals surface area contributed by atoms with Crippen LogP contribution in [0.2, 0.25) is 0 Å². The molecule has 126 valence electrons. The zero-order valence-electron chi connectivity index (χ0n) is 13.6. The van der Waals surface area contributed by atoms with Gasteiger partial charge in [-0.2, -0.15) is 5.26 Å². The molecular weight excluding hydrogens is 320 g/mol. The molecule has 0 saturated carbocycles. The molecule has 0 bridgehead atoms. The van der Waals surface area contributed by atoms with Gasteiger partial charge in [0.1, 0.15) is 24.1 Å². The maximum atomic E-state index is 12.5. The van der Waals surface area contributed by atoms with E-state index in [9.17, 15) is 14.9 Å². The fraction of sp³-hybridized carbons (Fsp3) is 0.211. The summed E-state index contributed by atoms with van der Waals surface area (Å²) < 4.78 is 10.6. The predicted octanol–water partition coefficient (Wildman–Crippen LogP) is 3.06. The van der Waals surface area contributed by atoms with Crippen LogP contribution in [0.5, 0.6) is 11.5 Å². The number of fused-ring (bicyclic) bond motifs is 1. The fourth-order valence-electron chi connectivity index (χ4n) is 2.74. The Morgan fingerprint density at radius 2 is 1.96 bits per heavy atom. The summed E-state index contributed by atoms with van der Waals surface area (Å²) in [6.07, 6.45) is 0. The van der Waals surface area contributed by atoms with E-state index in [0.29, 0.717) is 22.6 Å². The van der Waals surface area contributed by atoms with Crippen LogP contribution in [0.25, 0.3) is 0 Å². The number of nitrogens with zero attached hydrogens (tertiary/aromatic N) is 2. The molecule has 1 amide bonds. The van der Waals surface area contributed by atoms with E-state index in [4.69, 9.17) is 9.47 Å². The van der Waals surface area contributed by atoms with Gasteiger partial charge in [0, 0.05) is 11.1 Å². The van der Waals surface area contributed by atoms with Crippen molar-refractivity contribution in [1.82, 2.24) is 4.90 Å². The summed E-state index contributed by atoms with van der Waals surface area (Å²) >= 11 is 0. The standard InChI is InChI=1S/C19H16N2O4/c1-2-24-18(22)12-21-17(11-20)16-10-14(8-9-15(16)19(21)23)25-13-6-4-3-5-7-13/h3-10,17H,2,12H2,1H3. The first-order valence-electron chi connectivity index (χ1n) is 7.87. The van der Waals surface area contributed by atoms with E-state index in [-0.39, 0.29) is 19.1 Å². The Morgan fingerprint density at radius 1 is 1.20 bits per heavy atom. The number of hydrogen-bond acceptors (Lipinski definition) is 5. The average Bonchev–Trinajstić information content (AvgIpc) is 2.87. The third-order valence-corrected chi connectivity index (χ3v) is 3.83. The number of carbonyl (C=O) groups is 2. The molecule has 1 aliphatic heterocycles. The Labute approximate surface area is 145 Å². The highest BCUT2D eigenvalue weighted by Crippen LogP contribution is 2.36. The predicted molar refractivity (Wildman–Crippen MR) is 89.0 cm³/mol. The van der Waals surface area contributed by atoms with Crippen molar-refractivity contribution in [3.05, 3.63) is 59.7 Å². The lowest BCUT2D eigenvalue weighted by molar-refractivity contribution is -0.144. The molecule has 0 aliphatic carbocycles. The first-order valence-corrected chi connectivity index (χ1v) is 7.87. The van der Waals surface area contributed by atoms with E-state index in [2.05, 4.69) is 6.07 Å². The molecule has 3 rings (SSSR count). The molecule has 1 atom stereocenters. The Balaban J connectivity index is 1.87. The summed E-state index contributed by atoms with van der Waals surface area (Å²) in [5.41, 5.74) is 0.932. The normalized spacial score (nSPS) is 15.4. The molecular formula is C19H16N2O4. The van der Waals surface area contributed by atoms with Crippen molar-refractivity contribution in [3.8, 4) is 17.6 Å². The van der Waals surface area contributed by atoms with Crippen LogP contribution in [0, 0.1) is 11.3 Å². The smallest absolute Gasteiger partial charge is 0.325 e. The summed E-state index contributed by atoms with van der Waals surface area (Å²) in [6.45, 7) is 1.65. The Morgan fingerprint density at radius 3 is 2.64 bits per heavy atom. The van der Waals surface area contributed by atoms with Crippen molar-refractivity contribution < 1.29 is 19.1 Å². The van der Waals surface area contributed by atoms with Crippen LogP contribution in [-0.4, -0.2) is 29.9 Å². The third-order valence-electron chi connectivity index (χ3n) is 3.83. The molecule has 1 heterocycles. The Hall–Kier alpha value is -3.33. The molecule has 0 N–H and O–H groups in total. The molecule has 0 radical (unpaired) electrons. The summed E-state index contributed by atoms with van der Waals surface area (Å²) in [6, 6.07) is 15.4. The minimum Gasteiger partial charge on any atom is -0.465 e. The Kier molecular flexibility index (Phi) is 4.66. The lowest BCUT2D eigenvalue weighted by atomic mass is 10.1. The lowest BCUT2D eigenvalue weighted by Crippen LogP contribution is -2.33. The van der Waals surface area contributed by atoms with Crippen LogP contribution in [-0.2, 0) is 9.53 Å². The van der Waals surface area contributed by atoms with E-state index in [1.807, 2.05) is 30.3 Å². The number of hydrogen-bond donors (Lipinski definition) is 0. The van der Waals surface area contributed by atoms with E-state index in [1.54, 1.807) is 25.1 Å². The molecule has 25 heavy (non-hydrogen) atoms. The second-order valence-electron chi connectivity index (χ2n) is 5.43.